The summed E-state index contributed by atoms with van der Waals surface area (Å²) in [6, 6.07) is 13.3. The lowest BCUT2D eigenvalue weighted by Crippen LogP contribution is -2.15. The number of rotatable bonds is 7. The van der Waals surface area contributed by atoms with Crippen molar-refractivity contribution in [3.8, 4) is 17.0 Å². The number of carbonyl (C=O) groups excluding carboxylic acids is 2. The summed E-state index contributed by atoms with van der Waals surface area (Å²) in [5.74, 6) is -0.768. The molecule has 0 aliphatic carbocycles. The molecule has 1 N–H and O–H groups in total. The zero-order chi connectivity index (χ0) is 24.0. The van der Waals surface area contributed by atoms with Crippen molar-refractivity contribution in [2.24, 2.45) is 0 Å². The number of nitrogens with one attached hydrogen (secondary N) is 1. The molecule has 0 saturated heterocycles. The van der Waals surface area contributed by atoms with E-state index in [4.69, 9.17) is 4.74 Å². The van der Waals surface area contributed by atoms with E-state index in [1.54, 1.807) is 36.4 Å². The number of methoxy groups -OCH3 is 2. The number of alkyl halides is 3. The molecular formula is C22H18F3N3O4S. The van der Waals surface area contributed by atoms with Gasteiger partial charge in [-0.15, -0.1) is 0 Å². The molecule has 0 bridgehead atoms. The first-order chi connectivity index (χ1) is 15.7. The third-order valence-electron chi connectivity index (χ3n) is 4.28. The molecule has 0 fully saturated rings. The molecule has 0 aliphatic heterocycles. The lowest BCUT2D eigenvalue weighted by molar-refractivity contribution is -0.141. The maximum absolute atomic E-state index is 13.4. The second-order valence-corrected chi connectivity index (χ2v) is 7.50. The summed E-state index contributed by atoms with van der Waals surface area (Å²) in [6.07, 6.45) is -4.68. The van der Waals surface area contributed by atoms with Crippen molar-refractivity contribution >= 4 is 29.3 Å². The molecule has 3 aromatic rings. The average Bonchev–Trinajstić information content (AvgIpc) is 2.81. The Kier molecular flexibility index (Phi) is 7.54. The maximum atomic E-state index is 13.4. The number of anilines is 1. The van der Waals surface area contributed by atoms with Crippen molar-refractivity contribution in [1.29, 1.82) is 0 Å². The van der Waals surface area contributed by atoms with E-state index in [1.807, 2.05) is 0 Å². The average molecular weight is 477 g/mol. The van der Waals surface area contributed by atoms with E-state index in [9.17, 15) is 22.8 Å². The number of ether oxygens (including phenoxy) is 2. The van der Waals surface area contributed by atoms with E-state index in [1.165, 1.54) is 26.4 Å². The molecule has 172 valence electrons. The van der Waals surface area contributed by atoms with Gasteiger partial charge in [0.25, 0.3) is 0 Å². The van der Waals surface area contributed by atoms with E-state index >= 15 is 0 Å². The van der Waals surface area contributed by atoms with Crippen LogP contribution in [0.3, 0.4) is 0 Å². The Hall–Kier alpha value is -3.60. The molecule has 1 amide bonds. The topological polar surface area (TPSA) is 90.4 Å². The first-order valence-corrected chi connectivity index (χ1v) is 10.4. The Bertz CT molecular complexity index is 1150. The molecule has 33 heavy (non-hydrogen) atoms. The van der Waals surface area contributed by atoms with Crippen LogP contribution in [0.1, 0.15) is 16.1 Å². The molecule has 0 radical (unpaired) electrons. The SMILES string of the molecule is COC(=O)c1cccc(NC(=O)CSc2nc(-c3ccc(OC)cc3)cc(C(F)(F)F)n2)c1. The van der Waals surface area contributed by atoms with E-state index in [0.29, 0.717) is 17.0 Å². The van der Waals surface area contributed by atoms with Crippen molar-refractivity contribution in [2.45, 2.75) is 11.3 Å². The molecule has 7 nitrogen and oxygen atoms in total. The van der Waals surface area contributed by atoms with Gasteiger partial charge in [-0.25, -0.2) is 14.8 Å². The number of halogens is 3. The zero-order valence-electron chi connectivity index (χ0n) is 17.5. The predicted molar refractivity (Wildman–Crippen MR) is 116 cm³/mol. The van der Waals surface area contributed by atoms with E-state index in [-0.39, 0.29) is 22.2 Å². The number of hydrogen-bond donors (Lipinski definition) is 1. The highest BCUT2D eigenvalue weighted by molar-refractivity contribution is 7.99. The Morgan fingerprint density at radius 3 is 2.39 bits per heavy atom. The predicted octanol–water partition coefficient (Wildman–Crippen LogP) is 4.69. The number of aromatic nitrogens is 2. The minimum Gasteiger partial charge on any atom is -0.497 e. The molecule has 0 saturated carbocycles. The largest absolute Gasteiger partial charge is 0.497 e. The first kappa shape index (κ1) is 24.1. The van der Waals surface area contributed by atoms with Gasteiger partial charge in [-0.1, -0.05) is 17.8 Å². The van der Waals surface area contributed by atoms with Crippen LogP contribution in [0.2, 0.25) is 0 Å². The number of carbonyl (C=O) groups is 2. The van der Waals surface area contributed by atoms with Crippen LogP contribution in [0.25, 0.3) is 11.3 Å². The number of hydrogen-bond acceptors (Lipinski definition) is 7. The standard InChI is InChI=1S/C22H18F3N3O4S/c1-31-16-8-6-13(7-9-16)17-11-18(22(23,24)25)28-21(27-17)33-12-19(29)26-15-5-3-4-14(10-15)20(30)32-2/h3-11H,12H2,1-2H3,(H,26,29). The normalized spacial score (nSPS) is 11.1. The lowest BCUT2D eigenvalue weighted by atomic mass is 10.1. The Labute approximate surface area is 191 Å². The molecule has 0 unspecified atom stereocenters. The number of amides is 1. The molecule has 1 aromatic heterocycles. The second kappa shape index (κ2) is 10.3. The van der Waals surface area contributed by atoms with Crippen LogP contribution in [0.4, 0.5) is 18.9 Å². The van der Waals surface area contributed by atoms with Crippen molar-refractivity contribution in [3.63, 3.8) is 0 Å². The highest BCUT2D eigenvalue weighted by atomic mass is 32.2. The smallest absolute Gasteiger partial charge is 0.433 e. The van der Waals surface area contributed by atoms with Gasteiger partial charge < -0.3 is 14.8 Å². The molecule has 0 atom stereocenters. The first-order valence-electron chi connectivity index (χ1n) is 9.41. The van der Waals surface area contributed by atoms with Crippen LogP contribution in [-0.2, 0) is 15.7 Å². The monoisotopic (exact) mass is 477 g/mol. The van der Waals surface area contributed by atoms with Gasteiger partial charge in [0.15, 0.2) is 5.16 Å². The minimum atomic E-state index is -4.68. The highest BCUT2D eigenvalue weighted by Gasteiger charge is 2.34. The summed E-state index contributed by atoms with van der Waals surface area (Å²) >= 11 is 0.759. The molecular weight excluding hydrogens is 459 g/mol. The van der Waals surface area contributed by atoms with Crippen molar-refractivity contribution in [2.75, 3.05) is 25.3 Å². The lowest BCUT2D eigenvalue weighted by Gasteiger charge is -2.11. The van der Waals surface area contributed by atoms with Crippen molar-refractivity contribution in [1.82, 2.24) is 9.97 Å². The van der Waals surface area contributed by atoms with Crippen LogP contribution in [0, 0.1) is 0 Å². The summed E-state index contributed by atoms with van der Waals surface area (Å²) in [4.78, 5) is 31.6. The van der Waals surface area contributed by atoms with Gasteiger partial charge in [0.1, 0.15) is 11.4 Å². The Balaban J connectivity index is 1.77. The van der Waals surface area contributed by atoms with Gasteiger partial charge >= 0.3 is 12.1 Å². The van der Waals surface area contributed by atoms with Gasteiger partial charge in [-0.05, 0) is 48.5 Å². The van der Waals surface area contributed by atoms with Gasteiger partial charge in [-0.3, -0.25) is 4.79 Å². The number of thioether (sulfide) groups is 1. The third-order valence-corrected chi connectivity index (χ3v) is 5.13. The maximum Gasteiger partial charge on any atom is 0.433 e. The second-order valence-electron chi connectivity index (χ2n) is 6.56. The highest BCUT2D eigenvalue weighted by Crippen LogP contribution is 2.32. The van der Waals surface area contributed by atoms with Gasteiger partial charge in [0.05, 0.1) is 31.2 Å². The van der Waals surface area contributed by atoms with E-state index in [0.717, 1.165) is 17.8 Å². The van der Waals surface area contributed by atoms with Crippen LogP contribution < -0.4 is 10.1 Å². The molecule has 3 rings (SSSR count). The van der Waals surface area contributed by atoms with Crippen molar-refractivity contribution in [3.05, 3.63) is 65.9 Å². The quantitative estimate of drug-likeness (QED) is 0.300. The van der Waals surface area contributed by atoms with Gasteiger partial charge in [0.2, 0.25) is 5.91 Å². The van der Waals surface area contributed by atoms with Gasteiger partial charge in [0, 0.05) is 11.3 Å². The van der Waals surface area contributed by atoms with Crippen LogP contribution in [0.15, 0.2) is 59.8 Å². The molecule has 0 aliphatic rings. The third kappa shape index (κ3) is 6.45. The van der Waals surface area contributed by atoms with E-state index < -0.39 is 23.7 Å². The summed E-state index contributed by atoms with van der Waals surface area (Å²) < 4.78 is 49.8. The molecule has 2 aromatic carbocycles. The molecule has 1 heterocycles. The van der Waals surface area contributed by atoms with Crippen molar-refractivity contribution < 1.29 is 32.2 Å². The Morgan fingerprint density at radius 2 is 1.76 bits per heavy atom. The summed E-state index contributed by atoms with van der Waals surface area (Å²) in [5.41, 5.74) is -0.0269. The number of benzene rings is 2. The number of esters is 1. The van der Waals surface area contributed by atoms with Crippen LogP contribution in [0.5, 0.6) is 5.75 Å². The molecule has 11 heteroatoms. The van der Waals surface area contributed by atoms with Crippen LogP contribution >= 0.6 is 11.8 Å². The fraction of sp³-hybridized carbons (Fsp3) is 0.182. The zero-order valence-corrected chi connectivity index (χ0v) is 18.3. The van der Waals surface area contributed by atoms with E-state index in [2.05, 4.69) is 20.0 Å². The Morgan fingerprint density at radius 1 is 1.03 bits per heavy atom. The number of nitrogens with zero attached hydrogens (tertiary/aromatic N) is 2. The summed E-state index contributed by atoms with van der Waals surface area (Å²) in [5, 5.41) is 2.38. The minimum absolute atomic E-state index is 0.0636. The molecule has 0 spiro atoms. The summed E-state index contributed by atoms with van der Waals surface area (Å²) in [6.45, 7) is 0. The fourth-order valence-corrected chi connectivity index (χ4v) is 3.37. The van der Waals surface area contributed by atoms with Crippen LogP contribution in [-0.4, -0.2) is 41.8 Å². The fourth-order valence-electron chi connectivity index (χ4n) is 2.71. The van der Waals surface area contributed by atoms with Gasteiger partial charge in [-0.2, -0.15) is 13.2 Å². The summed E-state index contributed by atoms with van der Waals surface area (Å²) in [7, 11) is 2.71.